The lowest BCUT2D eigenvalue weighted by Crippen LogP contribution is -2.30. The minimum atomic E-state index is 0.897. The second kappa shape index (κ2) is 5.02. The molecule has 2 heterocycles. The van der Waals surface area contributed by atoms with Gasteiger partial charge in [0.2, 0.25) is 0 Å². The summed E-state index contributed by atoms with van der Waals surface area (Å²) in [5, 5.41) is 0. The topological polar surface area (TPSA) is 42.1 Å². The Morgan fingerprint density at radius 1 is 1.26 bits per heavy atom. The monoisotopic (exact) mass is 253 g/mol. The minimum Gasteiger partial charge on any atom is -0.398 e. The Balaban J connectivity index is 1.75. The Morgan fingerprint density at radius 2 is 2.16 bits per heavy atom. The lowest BCUT2D eigenvalue weighted by atomic mass is 9.98. The van der Waals surface area contributed by atoms with Crippen LogP contribution < -0.4 is 5.73 Å². The van der Waals surface area contributed by atoms with Crippen molar-refractivity contribution in [3.8, 4) is 0 Å². The molecule has 0 saturated carbocycles. The molecule has 0 atom stereocenters. The Hall–Kier alpha value is -1.87. The zero-order valence-corrected chi connectivity index (χ0v) is 11.3. The van der Waals surface area contributed by atoms with Gasteiger partial charge in [0.15, 0.2) is 0 Å². The fraction of sp³-hybridized carbons (Fsp3) is 0.312. The normalized spacial score (nSPS) is 15.2. The second-order valence-corrected chi connectivity index (χ2v) is 5.27. The van der Waals surface area contributed by atoms with E-state index in [2.05, 4.69) is 35.0 Å². The lowest BCUT2D eigenvalue weighted by Gasteiger charge is -2.29. The van der Waals surface area contributed by atoms with E-state index in [0.29, 0.717) is 0 Å². The number of nitrogens with two attached hydrogens (primary N) is 1. The third-order valence-electron chi connectivity index (χ3n) is 3.75. The van der Waals surface area contributed by atoms with E-state index in [1.165, 1.54) is 16.7 Å². The van der Waals surface area contributed by atoms with Crippen LogP contribution in [0.5, 0.6) is 0 Å². The van der Waals surface area contributed by atoms with Gasteiger partial charge in [0, 0.05) is 31.5 Å². The van der Waals surface area contributed by atoms with Crippen molar-refractivity contribution in [3.63, 3.8) is 0 Å². The number of rotatable bonds is 2. The summed E-state index contributed by atoms with van der Waals surface area (Å²) in [6, 6.07) is 10.5. The third kappa shape index (κ3) is 2.61. The summed E-state index contributed by atoms with van der Waals surface area (Å²) >= 11 is 0. The summed E-state index contributed by atoms with van der Waals surface area (Å²) in [7, 11) is 0. The molecule has 0 unspecified atom stereocenters. The quantitative estimate of drug-likeness (QED) is 0.836. The highest BCUT2D eigenvalue weighted by Crippen LogP contribution is 2.24. The van der Waals surface area contributed by atoms with Crippen LogP contribution in [-0.2, 0) is 19.5 Å². The van der Waals surface area contributed by atoms with Crippen LogP contribution in [0.2, 0.25) is 0 Å². The van der Waals surface area contributed by atoms with Crippen LogP contribution in [0.1, 0.15) is 22.4 Å². The molecular weight excluding hydrogens is 234 g/mol. The van der Waals surface area contributed by atoms with Gasteiger partial charge < -0.3 is 5.73 Å². The predicted octanol–water partition coefficient (Wildman–Crippen LogP) is 2.53. The fourth-order valence-corrected chi connectivity index (χ4v) is 2.62. The Labute approximate surface area is 114 Å². The van der Waals surface area contributed by atoms with Gasteiger partial charge in [-0.15, -0.1) is 0 Å². The van der Waals surface area contributed by atoms with Gasteiger partial charge in [-0.05, 0) is 42.2 Å². The summed E-state index contributed by atoms with van der Waals surface area (Å²) < 4.78 is 0. The first-order valence-electron chi connectivity index (χ1n) is 6.72. The molecule has 1 aromatic heterocycles. The number of nitrogen functional groups attached to an aromatic ring is 1. The maximum absolute atomic E-state index is 6.07. The first kappa shape index (κ1) is 12.2. The summed E-state index contributed by atoms with van der Waals surface area (Å²) in [5.74, 6) is 0. The molecule has 2 aromatic rings. The van der Waals surface area contributed by atoms with Crippen molar-refractivity contribution in [1.82, 2.24) is 9.88 Å². The van der Waals surface area contributed by atoms with E-state index in [-0.39, 0.29) is 0 Å². The largest absolute Gasteiger partial charge is 0.398 e. The van der Waals surface area contributed by atoms with Crippen molar-refractivity contribution in [2.75, 3.05) is 12.3 Å². The molecule has 19 heavy (non-hydrogen) atoms. The van der Waals surface area contributed by atoms with E-state index < -0.39 is 0 Å². The average Bonchev–Trinajstić information content (AvgIpc) is 2.42. The fourth-order valence-electron chi connectivity index (χ4n) is 2.62. The van der Waals surface area contributed by atoms with Gasteiger partial charge >= 0.3 is 0 Å². The SMILES string of the molecule is Cc1ccc(CN2CCc3cccc(N)c3C2)nc1. The van der Waals surface area contributed by atoms with E-state index in [1.54, 1.807) is 0 Å². The van der Waals surface area contributed by atoms with Crippen LogP contribution in [0.15, 0.2) is 36.5 Å². The predicted molar refractivity (Wildman–Crippen MR) is 77.6 cm³/mol. The molecule has 1 aliphatic heterocycles. The highest BCUT2D eigenvalue weighted by atomic mass is 15.1. The highest BCUT2D eigenvalue weighted by Gasteiger charge is 2.18. The van der Waals surface area contributed by atoms with E-state index in [0.717, 1.165) is 37.4 Å². The van der Waals surface area contributed by atoms with E-state index in [1.807, 2.05) is 18.3 Å². The van der Waals surface area contributed by atoms with Gasteiger partial charge in [0.25, 0.3) is 0 Å². The van der Waals surface area contributed by atoms with Gasteiger partial charge in [-0.1, -0.05) is 18.2 Å². The van der Waals surface area contributed by atoms with Crippen LogP contribution >= 0.6 is 0 Å². The van der Waals surface area contributed by atoms with Crippen molar-refractivity contribution in [1.29, 1.82) is 0 Å². The smallest absolute Gasteiger partial charge is 0.0544 e. The molecule has 1 aromatic carbocycles. The van der Waals surface area contributed by atoms with Crippen LogP contribution in [0.4, 0.5) is 5.69 Å². The molecule has 0 bridgehead atoms. The third-order valence-corrected chi connectivity index (χ3v) is 3.75. The molecule has 2 N–H and O–H groups in total. The van der Waals surface area contributed by atoms with Crippen LogP contribution in [0, 0.1) is 6.92 Å². The Morgan fingerprint density at radius 3 is 2.95 bits per heavy atom. The number of aromatic nitrogens is 1. The number of hydrogen-bond acceptors (Lipinski definition) is 3. The maximum Gasteiger partial charge on any atom is 0.0544 e. The van der Waals surface area contributed by atoms with Crippen molar-refractivity contribution in [2.24, 2.45) is 0 Å². The number of anilines is 1. The molecule has 3 rings (SSSR count). The van der Waals surface area contributed by atoms with Gasteiger partial charge in [-0.3, -0.25) is 9.88 Å². The number of benzene rings is 1. The molecule has 0 amide bonds. The first-order chi connectivity index (χ1) is 9.22. The molecule has 0 aliphatic carbocycles. The van der Waals surface area contributed by atoms with Crippen LogP contribution in [-0.4, -0.2) is 16.4 Å². The molecule has 3 heteroatoms. The summed E-state index contributed by atoms with van der Waals surface area (Å²) in [6.07, 6.45) is 3.01. The van der Waals surface area contributed by atoms with E-state index >= 15 is 0 Å². The number of pyridine rings is 1. The van der Waals surface area contributed by atoms with Crippen molar-refractivity contribution in [2.45, 2.75) is 26.4 Å². The van der Waals surface area contributed by atoms with Crippen LogP contribution in [0.25, 0.3) is 0 Å². The zero-order valence-electron chi connectivity index (χ0n) is 11.3. The molecule has 0 radical (unpaired) electrons. The minimum absolute atomic E-state index is 0.897. The van der Waals surface area contributed by atoms with Crippen molar-refractivity contribution < 1.29 is 0 Å². The molecule has 0 fully saturated rings. The standard InChI is InChI=1S/C16H19N3/c1-12-5-6-14(18-9-12)10-19-8-7-13-3-2-4-16(17)15(13)11-19/h2-6,9H,7-8,10-11,17H2,1H3. The van der Waals surface area contributed by atoms with Gasteiger partial charge in [0.05, 0.1) is 5.69 Å². The van der Waals surface area contributed by atoms with Gasteiger partial charge in [0.1, 0.15) is 0 Å². The molecule has 0 spiro atoms. The molecule has 0 saturated heterocycles. The molecular formula is C16H19N3. The summed E-state index contributed by atoms with van der Waals surface area (Å²) in [4.78, 5) is 6.89. The van der Waals surface area contributed by atoms with E-state index in [4.69, 9.17) is 5.73 Å². The Bertz CT molecular complexity index is 575. The second-order valence-electron chi connectivity index (χ2n) is 5.27. The number of hydrogen-bond donors (Lipinski definition) is 1. The van der Waals surface area contributed by atoms with Crippen molar-refractivity contribution >= 4 is 5.69 Å². The van der Waals surface area contributed by atoms with Crippen LogP contribution in [0.3, 0.4) is 0 Å². The molecule has 98 valence electrons. The number of nitrogens with zero attached hydrogens (tertiary/aromatic N) is 2. The lowest BCUT2D eigenvalue weighted by molar-refractivity contribution is 0.243. The Kier molecular flexibility index (Phi) is 3.22. The summed E-state index contributed by atoms with van der Waals surface area (Å²) in [5.41, 5.74) is 12.0. The van der Waals surface area contributed by atoms with Gasteiger partial charge in [-0.2, -0.15) is 0 Å². The average molecular weight is 253 g/mol. The highest BCUT2D eigenvalue weighted by molar-refractivity contribution is 5.51. The zero-order chi connectivity index (χ0) is 13.2. The number of fused-ring (bicyclic) bond motifs is 1. The number of aryl methyl sites for hydroxylation is 1. The van der Waals surface area contributed by atoms with Gasteiger partial charge in [-0.25, -0.2) is 0 Å². The molecule has 3 nitrogen and oxygen atoms in total. The van der Waals surface area contributed by atoms with Crippen molar-refractivity contribution in [3.05, 3.63) is 58.9 Å². The summed E-state index contributed by atoms with van der Waals surface area (Å²) in [6.45, 7) is 4.96. The maximum atomic E-state index is 6.07. The van der Waals surface area contributed by atoms with E-state index in [9.17, 15) is 0 Å². The molecule has 1 aliphatic rings. The first-order valence-corrected chi connectivity index (χ1v) is 6.72.